The average molecular weight is 249 g/mol. The minimum atomic E-state index is 0.290. The van der Waals surface area contributed by atoms with Crippen LogP contribution in [0.1, 0.15) is 30.4 Å². The van der Waals surface area contributed by atoms with E-state index in [4.69, 9.17) is 9.47 Å². The quantitative estimate of drug-likeness (QED) is 0.870. The van der Waals surface area contributed by atoms with E-state index < -0.39 is 0 Å². The Hall–Kier alpha value is -1.22. The second-order valence-corrected chi connectivity index (χ2v) is 5.19. The van der Waals surface area contributed by atoms with Crippen LogP contribution in [0.4, 0.5) is 0 Å². The summed E-state index contributed by atoms with van der Waals surface area (Å²) in [5.41, 5.74) is 2.99. The number of likely N-dealkylation sites (N-methyl/N-ethyl adjacent to an activating group) is 1. The summed E-state index contributed by atoms with van der Waals surface area (Å²) < 4.78 is 10.8. The zero-order valence-corrected chi connectivity index (χ0v) is 11.8. The summed E-state index contributed by atoms with van der Waals surface area (Å²) in [4.78, 5) is 0. The van der Waals surface area contributed by atoms with Gasteiger partial charge in [-0.2, -0.15) is 0 Å². The normalized spacial score (nSPS) is 17.1. The summed E-state index contributed by atoms with van der Waals surface area (Å²) in [6.07, 6.45) is 3.82. The van der Waals surface area contributed by atoms with E-state index in [9.17, 15) is 0 Å². The van der Waals surface area contributed by atoms with E-state index in [2.05, 4.69) is 24.4 Å². The van der Waals surface area contributed by atoms with Crippen LogP contribution in [0.15, 0.2) is 12.1 Å². The molecule has 1 aliphatic rings. The highest BCUT2D eigenvalue weighted by Crippen LogP contribution is 2.46. The fourth-order valence-electron chi connectivity index (χ4n) is 3.04. The lowest BCUT2D eigenvalue weighted by Crippen LogP contribution is -2.43. The number of hydrogen-bond donors (Lipinski definition) is 1. The smallest absolute Gasteiger partial charge is 0.161 e. The largest absolute Gasteiger partial charge is 0.493 e. The summed E-state index contributed by atoms with van der Waals surface area (Å²) in [7, 11) is 5.41. The summed E-state index contributed by atoms with van der Waals surface area (Å²) >= 11 is 0. The molecule has 0 spiro atoms. The van der Waals surface area contributed by atoms with Gasteiger partial charge in [0, 0.05) is 12.0 Å². The Morgan fingerprint density at radius 3 is 2.22 bits per heavy atom. The van der Waals surface area contributed by atoms with Crippen LogP contribution in [-0.4, -0.2) is 27.8 Å². The average Bonchev–Trinajstić information content (AvgIpc) is 2.34. The third-order valence-corrected chi connectivity index (χ3v) is 4.13. The lowest BCUT2D eigenvalue weighted by atomic mass is 9.63. The maximum Gasteiger partial charge on any atom is 0.161 e. The minimum Gasteiger partial charge on any atom is -0.493 e. The Morgan fingerprint density at radius 1 is 1.17 bits per heavy atom. The molecule has 0 aromatic heterocycles. The van der Waals surface area contributed by atoms with Crippen molar-refractivity contribution < 1.29 is 9.47 Å². The number of rotatable bonds is 5. The molecule has 1 aromatic rings. The van der Waals surface area contributed by atoms with Crippen LogP contribution in [-0.2, 0) is 5.41 Å². The van der Waals surface area contributed by atoms with E-state index in [0.29, 0.717) is 5.41 Å². The van der Waals surface area contributed by atoms with Gasteiger partial charge in [0.05, 0.1) is 14.2 Å². The molecule has 3 nitrogen and oxygen atoms in total. The molecule has 0 saturated heterocycles. The highest BCUT2D eigenvalue weighted by molar-refractivity contribution is 5.50. The molecule has 1 fully saturated rings. The molecule has 1 N–H and O–H groups in total. The van der Waals surface area contributed by atoms with Gasteiger partial charge < -0.3 is 14.8 Å². The highest BCUT2D eigenvalue weighted by Gasteiger charge is 2.39. The maximum atomic E-state index is 5.43. The molecule has 1 saturated carbocycles. The van der Waals surface area contributed by atoms with Crippen LogP contribution in [0.25, 0.3) is 0 Å². The molecule has 1 aromatic carbocycles. The number of benzene rings is 1. The molecule has 0 aliphatic heterocycles. The van der Waals surface area contributed by atoms with Crippen molar-refractivity contribution in [2.75, 3.05) is 27.8 Å². The van der Waals surface area contributed by atoms with Crippen molar-refractivity contribution in [3.8, 4) is 11.5 Å². The number of methoxy groups -OCH3 is 2. The molecule has 0 atom stereocenters. The van der Waals surface area contributed by atoms with Crippen LogP contribution >= 0.6 is 0 Å². The number of hydrogen-bond acceptors (Lipinski definition) is 3. The summed E-state index contributed by atoms with van der Waals surface area (Å²) in [6, 6.07) is 4.24. The maximum absolute atomic E-state index is 5.43. The van der Waals surface area contributed by atoms with Gasteiger partial charge in [-0.15, -0.1) is 0 Å². The van der Waals surface area contributed by atoms with Gasteiger partial charge in [-0.05, 0) is 50.1 Å². The van der Waals surface area contributed by atoms with Crippen molar-refractivity contribution in [1.82, 2.24) is 5.32 Å². The van der Waals surface area contributed by atoms with Crippen LogP contribution in [0, 0.1) is 6.92 Å². The van der Waals surface area contributed by atoms with Gasteiger partial charge in [0.2, 0.25) is 0 Å². The second kappa shape index (κ2) is 5.19. The van der Waals surface area contributed by atoms with Gasteiger partial charge in [0.25, 0.3) is 0 Å². The third-order valence-electron chi connectivity index (χ3n) is 4.13. The Labute approximate surface area is 109 Å². The monoisotopic (exact) mass is 249 g/mol. The first-order chi connectivity index (χ1) is 8.66. The zero-order chi connectivity index (χ0) is 13.2. The molecule has 2 rings (SSSR count). The molecule has 0 amide bonds. The summed E-state index contributed by atoms with van der Waals surface area (Å²) in [6.45, 7) is 3.19. The van der Waals surface area contributed by atoms with Crippen molar-refractivity contribution in [3.63, 3.8) is 0 Å². The van der Waals surface area contributed by atoms with Crippen molar-refractivity contribution in [1.29, 1.82) is 0 Å². The van der Waals surface area contributed by atoms with E-state index in [1.54, 1.807) is 14.2 Å². The first kappa shape index (κ1) is 13.2. The van der Waals surface area contributed by atoms with E-state index in [-0.39, 0.29) is 0 Å². The van der Waals surface area contributed by atoms with Crippen LogP contribution < -0.4 is 14.8 Å². The summed E-state index contributed by atoms with van der Waals surface area (Å²) in [5.74, 6) is 1.65. The van der Waals surface area contributed by atoms with Gasteiger partial charge in [0.15, 0.2) is 11.5 Å². The van der Waals surface area contributed by atoms with E-state index >= 15 is 0 Å². The topological polar surface area (TPSA) is 30.5 Å². The number of ether oxygens (including phenoxy) is 2. The van der Waals surface area contributed by atoms with E-state index in [1.807, 2.05) is 7.05 Å². The zero-order valence-electron chi connectivity index (χ0n) is 11.8. The Kier molecular flexibility index (Phi) is 3.81. The molecule has 100 valence electrons. The molecular weight excluding hydrogens is 226 g/mol. The first-order valence-corrected chi connectivity index (χ1v) is 6.54. The van der Waals surface area contributed by atoms with Gasteiger partial charge in [0.1, 0.15) is 0 Å². The fraction of sp³-hybridized carbons (Fsp3) is 0.600. The fourth-order valence-corrected chi connectivity index (χ4v) is 3.04. The number of aryl methyl sites for hydroxylation is 1. The van der Waals surface area contributed by atoms with Crippen molar-refractivity contribution in [3.05, 3.63) is 23.3 Å². The molecule has 0 unspecified atom stereocenters. The SMILES string of the molecule is CNCC1(c2cc(OC)c(OC)cc2C)CCC1. The van der Waals surface area contributed by atoms with Crippen molar-refractivity contribution in [2.24, 2.45) is 0 Å². The summed E-state index contributed by atoms with van der Waals surface area (Å²) in [5, 5.41) is 3.33. The lowest BCUT2D eigenvalue weighted by molar-refractivity contribution is 0.236. The van der Waals surface area contributed by atoms with Crippen LogP contribution in [0.2, 0.25) is 0 Å². The first-order valence-electron chi connectivity index (χ1n) is 6.54. The molecule has 0 bridgehead atoms. The van der Waals surface area contributed by atoms with Crippen LogP contribution in [0.3, 0.4) is 0 Å². The standard InChI is InChI=1S/C15H23NO2/c1-11-8-13(17-3)14(18-4)9-12(11)15(10-16-2)6-5-7-15/h8-9,16H,5-7,10H2,1-4H3. The van der Waals surface area contributed by atoms with Crippen molar-refractivity contribution >= 4 is 0 Å². The molecule has 3 heteroatoms. The molecule has 0 radical (unpaired) electrons. The van der Waals surface area contributed by atoms with Gasteiger partial charge in [-0.3, -0.25) is 0 Å². The highest BCUT2D eigenvalue weighted by atomic mass is 16.5. The van der Waals surface area contributed by atoms with E-state index in [0.717, 1.165) is 18.0 Å². The molecular formula is C15H23NO2. The third kappa shape index (κ3) is 2.07. The van der Waals surface area contributed by atoms with Gasteiger partial charge in [-0.25, -0.2) is 0 Å². The van der Waals surface area contributed by atoms with Gasteiger partial charge in [-0.1, -0.05) is 6.42 Å². The van der Waals surface area contributed by atoms with Gasteiger partial charge >= 0.3 is 0 Å². The molecule has 0 heterocycles. The van der Waals surface area contributed by atoms with Crippen molar-refractivity contribution in [2.45, 2.75) is 31.6 Å². The predicted octanol–water partition coefficient (Wildman–Crippen LogP) is 2.65. The second-order valence-electron chi connectivity index (χ2n) is 5.19. The molecule has 18 heavy (non-hydrogen) atoms. The molecule has 1 aliphatic carbocycles. The van der Waals surface area contributed by atoms with Crippen LogP contribution in [0.5, 0.6) is 11.5 Å². The Morgan fingerprint density at radius 2 is 1.78 bits per heavy atom. The Bertz CT molecular complexity index is 425. The minimum absolute atomic E-state index is 0.290. The lowest BCUT2D eigenvalue weighted by Gasteiger charge is -2.43. The Balaban J connectivity index is 2.43. The number of nitrogens with one attached hydrogen (secondary N) is 1. The predicted molar refractivity (Wildman–Crippen MR) is 73.7 cm³/mol. The van der Waals surface area contributed by atoms with E-state index in [1.165, 1.54) is 30.4 Å².